The molecule has 6 nitrogen and oxygen atoms in total. The van der Waals surface area contributed by atoms with Crippen LogP contribution in [0.4, 0.5) is 30.4 Å². The van der Waals surface area contributed by atoms with E-state index >= 15 is 0 Å². The lowest BCUT2D eigenvalue weighted by Crippen LogP contribution is -2.13. The highest BCUT2D eigenvalue weighted by atomic mass is 35.5. The number of alkyl halides is 3. The van der Waals surface area contributed by atoms with Crippen molar-refractivity contribution in [1.82, 2.24) is 14.6 Å². The number of benzene rings is 1. The second-order valence-electron chi connectivity index (χ2n) is 5.05. The Hall–Kier alpha value is -2.39. The van der Waals surface area contributed by atoms with E-state index in [0.29, 0.717) is 9.54 Å². The summed E-state index contributed by atoms with van der Waals surface area (Å²) < 4.78 is 40.1. The lowest BCUT2D eigenvalue weighted by atomic mass is 10.3. The number of fused-ring (bicyclic) bond motifs is 1. The molecule has 0 fully saturated rings. The van der Waals surface area contributed by atoms with Crippen molar-refractivity contribution in [2.24, 2.45) is 10.2 Å². The summed E-state index contributed by atoms with van der Waals surface area (Å²) in [5.74, 6) is -0.238. The number of azo groups is 1. The normalized spacial score (nSPS) is 12.4. The van der Waals surface area contributed by atoms with Crippen molar-refractivity contribution in [3.8, 4) is 0 Å². The molecule has 2 N–H and O–H groups in total. The largest absolute Gasteiger partial charge is 0.433 e. The van der Waals surface area contributed by atoms with Crippen LogP contribution in [0.1, 0.15) is 11.4 Å². The van der Waals surface area contributed by atoms with Gasteiger partial charge in [-0.25, -0.2) is 9.50 Å². The lowest BCUT2D eigenvalue weighted by Gasteiger charge is -2.09. The smallest absolute Gasteiger partial charge is 0.380 e. The first kappa shape index (κ1) is 17.4. The summed E-state index contributed by atoms with van der Waals surface area (Å²) in [6, 6.07) is 5.39. The van der Waals surface area contributed by atoms with Gasteiger partial charge in [0, 0.05) is 10.7 Å². The first-order valence-corrected chi connectivity index (χ1v) is 7.52. The van der Waals surface area contributed by atoms with Gasteiger partial charge >= 0.3 is 6.18 Å². The highest BCUT2D eigenvalue weighted by molar-refractivity contribution is 6.36. The molecule has 130 valence electrons. The average Bonchev–Trinajstić information content (AvgIpc) is 2.80. The molecule has 25 heavy (non-hydrogen) atoms. The molecule has 0 spiro atoms. The van der Waals surface area contributed by atoms with Gasteiger partial charge in [-0.15, -0.1) is 15.3 Å². The van der Waals surface area contributed by atoms with Crippen LogP contribution in [-0.4, -0.2) is 14.6 Å². The van der Waals surface area contributed by atoms with Crippen molar-refractivity contribution in [2.45, 2.75) is 13.1 Å². The molecular weight excluding hydrogens is 380 g/mol. The molecule has 2 aromatic heterocycles. The molecule has 0 unspecified atom stereocenters. The molecule has 0 aliphatic rings. The molecule has 0 aliphatic carbocycles. The van der Waals surface area contributed by atoms with Gasteiger partial charge in [-0.2, -0.15) is 13.2 Å². The number of rotatable bonds is 2. The topological polar surface area (TPSA) is 80.9 Å². The minimum absolute atomic E-state index is 0.0831. The molecule has 0 bridgehead atoms. The third kappa shape index (κ3) is 3.38. The van der Waals surface area contributed by atoms with Crippen LogP contribution in [0.5, 0.6) is 0 Å². The molecule has 11 heteroatoms. The lowest BCUT2D eigenvalue weighted by molar-refractivity contribution is -0.142. The summed E-state index contributed by atoms with van der Waals surface area (Å²) in [5.41, 5.74) is 4.86. The van der Waals surface area contributed by atoms with E-state index in [1.807, 2.05) is 0 Å². The van der Waals surface area contributed by atoms with Crippen LogP contribution in [0.15, 0.2) is 34.5 Å². The fourth-order valence-electron chi connectivity index (χ4n) is 2.11. The maximum Gasteiger partial charge on any atom is 0.433 e. The van der Waals surface area contributed by atoms with Crippen molar-refractivity contribution >= 4 is 46.0 Å². The zero-order chi connectivity index (χ0) is 18.4. The first-order chi connectivity index (χ1) is 11.7. The fraction of sp³-hybridized carbons (Fsp3) is 0.143. The minimum Gasteiger partial charge on any atom is -0.380 e. The molecule has 0 radical (unpaired) electrons. The van der Waals surface area contributed by atoms with Crippen molar-refractivity contribution in [3.05, 3.63) is 45.7 Å². The number of hydrogen-bond acceptors (Lipinski definition) is 5. The fourth-order valence-corrected chi connectivity index (χ4v) is 2.55. The zero-order valence-electron chi connectivity index (χ0n) is 12.5. The predicted octanol–water partition coefficient (Wildman–Crippen LogP) is 5.36. The Labute approximate surface area is 149 Å². The van der Waals surface area contributed by atoms with Crippen LogP contribution in [0.3, 0.4) is 0 Å². The molecule has 0 atom stereocenters. The minimum atomic E-state index is -4.63. The highest BCUT2D eigenvalue weighted by Crippen LogP contribution is 2.36. The molecule has 3 rings (SSSR count). The molecule has 0 saturated heterocycles. The Bertz CT molecular complexity index is 996. The number of aryl methyl sites for hydroxylation is 1. The number of nitrogen functional groups attached to an aromatic ring is 1. The van der Waals surface area contributed by atoms with Crippen molar-refractivity contribution in [3.63, 3.8) is 0 Å². The Kier molecular flexibility index (Phi) is 4.29. The van der Waals surface area contributed by atoms with E-state index in [0.717, 1.165) is 6.07 Å². The van der Waals surface area contributed by atoms with E-state index in [-0.39, 0.29) is 33.6 Å². The monoisotopic (exact) mass is 388 g/mol. The number of nitrogens with zero attached hydrogens (tertiary/aromatic N) is 5. The number of hydrogen-bond donors (Lipinski definition) is 1. The SMILES string of the molecule is Cc1cc(C(F)(F)F)n2nc(N)c(N=Nc3ccc(Cl)cc3Cl)c2n1. The molecule has 1 aromatic carbocycles. The van der Waals surface area contributed by atoms with E-state index in [9.17, 15) is 13.2 Å². The summed E-state index contributed by atoms with van der Waals surface area (Å²) in [6.07, 6.45) is -4.63. The number of halogens is 5. The quantitative estimate of drug-likeness (QED) is 0.599. The standard InChI is InChI=1S/C14H9Cl2F3N6/c1-6-4-10(14(17,18)19)25-13(21-6)11(12(20)24-25)23-22-9-3-2-7(15)5-8(9)16/h2-5H,1H3,(H2,20,24). The van der Waals surface area contributed by atoms with Crippen LogP contribution in [0.2, 0.25) is 10.0 Å². The molecule has 0 amide bonds. The summed E-state index contributed by atoms with van der Waals surface area (Å²) in [7, 11) is 0. The summed E-state index contributed by atoms with van der Waals surface area (Å²) in [5, 5.41) is 12.1. The van der Waals surface area contributed by atoms with Gasteiger partial charge in [0.25, 0.3) is 0 Å². The zero-order valence-corrected chi connectivity index (χ0v) is 14.0. The first-order valence-electron chi connectivity index (χ1n) is 6.76. The van der Waals surface area contributed by atoms with Crippen LogP contribution >= 0.6 is 23.2 Å². The Morgan fingerprint density at radius 2 is 1.88 bits per heavy atom. The van der Waals surface area contributed by atoms with E-state index in [1.165, 1.54) is 19.1 Å². The van der Waals surface area contributed by atoms with E-state index in [1.54, 1.807) is 6.07 Å². The van der Waals surface area contributed by atoms with Gasteiger partial charge in [0.2, 0.25) is 0 Å². The van der Waals surface area contributed by atoms with Crippen LogP contribution in [0, 0.1) is 6.92 Å². The predicted molar refractivity (Wildman–Crippen MR) is 87.8 cm³/mol. The third-order valence-corrected chi connectivity index (χ3v) is 3.71. The molecular formula is C14H9Cl2F3N6. The van der Waals surface area contributed by atoms with Gasteiger partial charge in [-0.1, -0.05) is 23.2 Å². The number of nitrogens with two attached hydrogens (primary N) is 1. The average molecular weight is 389 g/mol. The number of anilines is 1. The van der Waals surface area contributed by atoms with Crippen LogP contribution in [-0.2, 0) is 6.18 Å². The maximum atomic E-state index is 13.2. The van der Waals surface area contributed by atoms with Gasteiger partial charge < -0.3 is 5.73 Å². The maximum absolute atomic E-state index is 13.2. The Morgan fingerprint density at radius 3 is 2.52 bits per heavy atom. The molecule has 0 aliphatic heterocycles. The highest BCUT2D eigenvalue weighted by Gasteiger charge is 2.35. The van der Waals surface area contributed by atoms with E-state index < -0.39 is 11.9 Å². The Balaban J connectivity index is 2.15. The summed E-state index contributed by atoms with van der Waals surface area (Å²) >= 11 is 11.8. The van der Waals surface area contributed by atoms with Crippen LogP contribution < -0.4 is 5.73 Å². The molecule has 2 heterocycles. The van der Waals surface area contributed by atoms with Crippen LogP contribution in [0.25, 0.3) is 5.65 Å². The van der Waals surface area contributed by atoms with Crippen molar-refractivity contribution in [2.75, 3.05) is 5.73 Å². The van der Waals surface area contributed by atoms with E-state index in [2.05, 4.69) is 20.3 Å². The van der Waals surface area contributed by atoms with Gasteiger partial charge in [0.1, 0.15) is 11.4 Å². The van der Waals surface area contributed by atoms with Gasteiger partial charge in [-0.05, 0) is 31.2 Å². The van der Waals surface area contributed by atoms with Gasteiger partial charge in [-0.3, -0.25) is 0 Å². The van der Waals surface area contributed by atoms with Crippen molar-refractivity contribution in [1.29, 1.82) is 0 Å². The van der Waals surface area contributed by atoms with E-state index in [4.69, 9.17) is 28.9 Å². The molecule has 3 aromatic rings. The summed E-state index contributed by atoms with van der Waals surface area (Å²) in [4.78, 5) is 4.03. The second-order valence-corrected chi connectivity index (χ2v) is 5.89. The van der Waals surface area contributed by atoms with Gasteiger partial charge in [0.05, 0.1) is 5.02 Å². The van der Waals surface area contributed by atoms with Crippen molar-refractivity contribution < 1.29 is 13.2 Å². The van der Waals surface area contributed by atoms with Gasteiger partial charge in [0.15, 0.2) is 17.2 Å². The third-order valence-electron chi connectivity index (χ3n) is 3.18. The number of aromatic nitrogens is 3. The second kappa shape index (κ2) is 6.16. The molecule has 0 saturated carbocycles. The summed E-state index contributed by atoms with van der Waals surface area (Å²) in [6.45, 7) is 1.43. The Morgan fingerprint density at radius 1 is 1.16 bits per heavy atom.